The molecule has 2 aromatic rings. The average molecular weight is 284 g/mol. The number of hydrogen-bond acceptors (Lipinski definition) is 4. The maximum atomic E-state index is 11.5. The monoisotopic (exact) mass is 284 g/mol. The highest BCUT2D eigenvalue weighted by Crippen LogP contribution is 2.30. The summed E-state index contributed by atoms with van der Waals surface area (Å²) in [5.74, 6) is 0.147. The molecular formula is C16H20N4O. The van der Waals surface area contributed by atoms with Crippen LogP contribution >= 0.6 is 0 Å². The number of benzene rings is 1. The summed E-state index contributed by atoms with van der Waals surface area (Å²) in [6, 6.07) is 8.13. The van der Waals surface area contributed by atoms with Gasteiger partial charge in [-0.2, -0.15) is 0 Å². The first-order valence-corrected chi connectivity index (χ1v) is 7.28. The molecule has 2 N–H and O–H groups in total. The Labute approximate surface area is 124 Å². The van der Waals surface area contributed by atoms with Gasteiger partial charge in [0.15, 0.2) is 0 Å². The fourth-order valence-electron chi connectivity index (χ4n) is 2.94. The molecular weight excluding hydrogens is 264 g/mol. The van der Waals surface area contributed by atoms with E-state index in [4.69, 9.17) is 5.73 Å². The zero-order valence-corrected chi connectivity index (χ0v) is 12.2. The van der Waals surface area contributed by atoms with Crippen LogP contribution in [0.3, 0.4) is 0 Å². The molecule has 0 aliphatic carbocycles. The predicted molar refractivity (Wildman–Crippen MR) is 84.1 cm³/mol. The fraction of sp³-hybridized carbons (Fsp3) is 0.375. The molecule has 0 unspecified atom stereocenters. The summed E-state index contributed by atoms with van der Waals surface area (Å²) in [5.41, 5.74) is 9.11. The summed E-state index contributed by atoms with van der Waals surface area (Å²) in [4.78, 5) is 20.2. The largest absolute Gasteiger partial charge is 0.367 e. The number of para-hydroxylation sites is 1. The highest BCUT2D eigenvalue weighted by molar-refractivity contribution is 5.93. The lowest BCUT2D eigenvalue weighted by molar-refractivity contribution is -0.129. The summed E-state index contributed by atoms with van der Waals surface area (Å²) in [5, 5.41) is 1.14. The number of anilines is 1. The number of pyridine rings is 1. The van der Waals surface area contributed by atoms with Gasteiger partial charge in [0.05, 0.1) is 11.2 Å². The van der Waals surface area contributed by atoms with Crippen molar-refractivity contribution in [3.63, 3.8) is 0 Å². The SMILES string of the molecule is CC(=O)N1CCN(c2c(CN)cnc3ccccc23)CC1. The predicted octanol–water partition coefficient (Wildman–Crippen LogP) is 1.36. The summed E-state index contributed by atoms with van der Waals surface area (Å²) in [6.07, 6.45) is 1.87. The molecule has 0 atom stereocenters. The van der Waals surface area contributed by atoms with Crippen LogP contribution < -0.4 is 10.6 Å². The number of fused-ring (bicyclic) bond motifs is 1. The lowest BCUT2D eigenvalue weighted by atomic mass is 10.1. The minimum Gasteiger partial charge on any atom is -0.367 e. The van der Waals surface area contributed by atoms with Gasteiger partial charge >= 0.3 is 0 Å². The number of piperazine rings is 1. The van der Waals surface area contributed by atoms with E-state index in [1.54, 1.807) is 6.92 Å². The Balaban J connectivity index is 1.98. The van der Waals surface area contributed by atoms with E-state index >= 15 is 0 Å². The van der Waals surface area contributed by atoms with Crippen molar-refractivity contribution in [1.29, 1.82) is 0 Å². The number of carbonyl (C=O) groups excluding carboxylic acids is 1. The molecule has 110 valence electrons. The van der Waals surface area contributed by atoms with Crippen LogP contribution in [0.25, 0.3) is 10.9 Å². The first-order chi connectivity index (χ1) is 10.2. The quantitative estimate of drug-likeness (QED) is 0.904. The number of rotatable bonds is 2. The van der Waals surface area contributed by atoms with E-state index < -0.39 is 0 Å². The van der Waals surface area contributed by atoms with E-state index in [1.165, 1.54) is 5.69 Å². The Morgan fingerprint density at radius 1 is 1.24 bits per heavy atom. The lowest BCUT2D eigenvalue weighted by Crippen LogP contribution is -2.48. The second-order valence-electron chi connectivity index (χ2n) is 5.35. The smallest absolute Gasteiger partial charge is 0.219 e. The third-order valence-corrected chi connectivity index (χ3v) is 4.08. The summed E-state index contributed by atoms with van der Waals surface area (Å²) in [7, 11) is 0. The van der Waals surface area contributed by atoms with Gasteiger partial charge in [-0.1, -0.05) is 18.2 Å². The normalized spacial score (nSPS) is 15.5. The number of nitrogens with two attached hydrogens (primary N) is 1. The Morgan fingerprint density at radius 2 is 1.95 bits per heavy atom. The molecule has 5 nitrogen and oxygen atoms in total. The number of amides is 1. The van der Waals surface area contributed by atoms with Gasteiger partial charge in [-0.3, -0.25) is 9.78 Å². The topological polar surface area (TPSA) is 62.5 Å². The molecule has 5 heteroatoms. The van der Waals surface area contributed by atoms with E-state index in [2.05, 4.69) is 16.0 Å². The van der Waals surface area contributed by atoms with Gasteiger partial charge in [-0.05, 0) is 6.07 Å². The van der Waals surface area contributed by atoms with E-state index in [0.29, 0.717) is 6.54 Å². The van der Waals surface area contributed by atoms with Crippen molar-refractivity contribution >= 4 is 22.5 Å². The van der Waals surface area contributed by atoms with Gasteiger partial charge in [0, 0.05) is 56.8 Å². The minimum absolute atomic E-state index is 0.147. The first kappa shape index (κ1) is 13.8. The molecule has 0 bridgehead atoms. The Kier molecular flexibility index (Phi) is 3.75. The first-order valence-electron chi connectivity index (χ1n) is 7.28. The summed E-state index contributed by atoms with van der Waals surface area (Å²) in [6.45, 7) is 5.29. The van der Waals surface area contributed by atoms with Gasteiger partial charge in [-0.25, -0.2) is 0 Å². The molecule has 0 saturated carbocycles. The molecule has 1 amide bonds. The number of carbonyl (C=O) groups is 1. The van der Waals surface area contributed by atoms with Gasteiger partial charge in [0.1, 0.15) is 0 Å². The van der Waals surface area contributed by atoms with Crippen LogP contribution in [0.5, 0.6) is 0 Å². The molecule has 1 aliphatic heterocycles. The van der Waals surface area contributed by atoms with Crippen molar-refractivity contribution in [1.82, 2.24) is 9.88 Å². The zero-order valence-electron chi connectivity index (χ0n) is 12.2. The van der Waals surface area contributed by atoms with Crippen LogP contribution in [-0.2, 0) is 11.3 Å². The summed E-state index contributed by atoms with van der Waals surface area (Å²) < 4.78 is 0. The molecule has 1 aromatic carbocycles. The van der Waals surface area contributed by atoms with Crippen molar-refractivity contribution in [3.8, 4) is 0 Å². The van der Waals surface area contributed by atoms with Crippen molar-refractivity contribution in [3.05, 3.63) is 36.0 Å². The van der Waals surface area contributed by atoms with Gasteiger partial charge in [0.2, 0.25) is 5.91 Å². The van der Waals surface area contributed by atoms with Crippen molar-refractivity contribution in [2.24, 2.45) is 5.73 Å². The van der Waals surface area contributed by atoms with Crippen LogP contribution in [0.2, 0.25) is 0 Å². The second-order valence-corrected chi connectivity index (χ2v) is 5.35. The van der Waals surface area contributed by atoms with Crippen LogP contribution in [0.1, 0.15) is 12.5 Å². The highest BCUT2D eigenvalue weighted by atomic mass is 16.2. The third-order valence-electron chi connectivity index (χ3n) is 4.08. The molecule has 0 spiro atoms. The molecule has 1 aromatic heterocycles. The average Bonchev–Trinajstić information content (AvgIpc) is 2.53. The van der Waals surface area contributed by atoms with E-state index in [0.717, 1.165) is 42.6 Å². The van der Waals surface area contributed by atoms with Crippen molar-refractivity contribution in [2.75, 3.05) is 31.1 Å². The molecule has 1 aliphatic rings. The van der Waals surface area contributed by atoms with Crippen molar-refractivity contribution < 1.29 is 4.79 Å². The van der Waals surface area contributed by atoms with Gasteiger partial charge in [0.25, 0.3) is 0 Å². The van der Waals surface area contributed by atoms with Crippen LogP contribution in [0.15, 0.2) is 30.5 Å². The molecule has 0 radical (unpaired) electrons. The molecule has 1 saturated heterocycles. The van der Waals surface area contributed by atoms with E-state index in [1.807, 2.05) is 29.3 Å². The van der Waals surface area contributed by atoms with Crippen molar-refractivity contribution in [2.45, 2.75) is 13.5 Å². The van der Waals surface area contributed by atoms with Gasteiger partial charge < -0.3 is 15.5 Å². The maximum absolute atomic E-state index is 11.5. The standard InChI is InChI=1S/C16H20N4O/c1-12(21)19-6-8-20(9-7-19)16-13(10-17)11-18-15-5-3-2-4-14(15)16/h2-5,11H,6-10,17H2,1H3. The maximum Gasteiger partial charge on any atom is 0.219 e. The molecule has 2 heterocycles. The number of nitrogens with zero attached hydrogens (tertiary/aromatic N) is 3. The molecule has 21 heavy (non-hydrogen) atoms. The van der Waals surface area contributed by atoms with E-state index in [9.17, 15) is 4.79 Å². The van der Waals surface area contributed by atoms with Crippen LogP contribution in [-0.4, -0.2) is 42.0 Å². The summed E-state index contributed by atoms with van der Waals surface area (Å²) >= 11 is 0. The molecule has 1 fully saturated rings. The van der Waals surface area contributed by atoms with Gasteiger partial charge in [-0.15, -0.1) is 0 Å². The Hall–Kier alpha value is -2.14. The van der Waals surface area contributed by atoms with Crippen LogP contribution in [0, 0.1) is 0 Å². The van der Waals surface area contributed by atoms with E-state index in [-0.39, 0.29) is 5.91 Å². The van der Waals surface area contributed by atoms with Crippen LogP contribution in [0.4, 0.5) is 5.69 Å². The Morgan fingerprint density at radius 3 is 2.62 bits per heavy atom. The second kappa shape index (κ2) is 5.69. The minimum atomic E-state index is 0.147. The highest BCUT2D eigenvalue weighted by Gasteiger charge is 2.22. The molecule has 3 rings (SSSR count). The fourth-order valence-corrected chi connectivity index (χ4v) is 2.94. The number of aromatic nitrogens is 1. The zero-order chi connectivity index (χ0) is 14.8. The number of hydrogen-bond donors (Lipinski definition) is 1. The Bertz CT molecular complexity index is 662. The third kappa shape index (κ3) is 2.56. The lowest BCUT2D eigenvalue weighted by Gasteiger charge is -2.37.